The van der Waals surface area contributed by atoms with Gasteiger partial charge in [0.15, 0.2) is 5.75 Å². The first-order valence-electron chi connectivity index (χ1n) is 13.9. The van der Waals surface area contributed by atoms with Crippen LogP contribution in [-0.4, -0.2) is 71.6 Å². The number of para-hydroxylation sites is 2. The molecular formula is C30H40N4O5. The SMILES string of the molecule is C[C@H]1CN([C@@H](C)CO)C(=O)c2cccc(NC(=O)C3CCCCC3)c2O[C@@H]1CN(C)C(=O)Nc1ccccc1. The molecule has 3 N–H and O–H groups in total. The van der Waals surface area contributed by atoms with Crippen molar-refractivity contribution in [3.8, 4) is 5.75 Å². The van der Waals surface area contributed by atoms with Crippen LogP contribution >= 0.6 is 0 Å². The number of anilines is 2. The molecule has 3 atom stereocenters. The minimum atomic E-state index is -0.482. The zero-order valence-corrected chi connectivity index (χ0v) is 23.1. The van der Waals surface area contributed by atoms with Gasteiger partial charge < -0.3 is 30.3 Å². The van der Waals surface area contributed by atoms with Crippen molar-refractivity contribution in [2.24, 2.45) is 11.8 Å². The van der Waals surface area contributed by atoms with Crippen LogP contribution in [0.3, 0.4) is 0 Å². The molecule has 210 valence electrons. The third kappa shape index (κ3) is 6.89. The van der Waals surface area contributed by atoms with Crippen molar-refractivity contribution >= 4 is 29.2 Å². The van der Waals surface area contributed by atoms with E-state index in [0.717, 1.165) is 32.1 Å². The van der Waals surface area contributed by atoms with Crippen LogP contribution in [0.5, 0.6) is 5.75 Å². The summed E-state index contributed by atoms with van der Waals surface area (Å²) < 4.78 is 6.53. The standard InChI is InChI=1S/C30H40N4O5/c1-20-17-34(21(2)19-35)29(37)24-15-10-16-25(32-28(36)22-11-6-4-7-12-22)27(24)39-26(20)18-33(3)30(38)31-23-13-8-5-9-14-23/h5,8-10,13-16,20-22,26,35H,4,6-7,11-12,17-19H2,1-3H3,(H,31,38)(H,32,36)/t20-,21-,26+/m0/s1. The Morgan fingerprint density at radius 2 is 1.79 bits per heavy atom. The Labute approximate surface area is 230 Å². The number of hydrogen-bond donors (Lipinski definition) is 3. The molecule has 0 radical (unpaired) electrons. The number of aliphatic hydroxyl groups is 1. The van der Waals surface area contributed by atoms with E-state index in [2.05, 4.69) is 10.6 Å². The zero-order valence-electron chi connectivity index (χ0n) is 23.1. The van der Waals surface area contributed by atoms with Crippen molar-refractivity contribution in [2.75, 3.05) is 37.4 Å². The number of likely N-dealkylation sites (N-methyl/N-ethyl adjacent to an activating group) is 1. The highest BCUT2D eigenvalue weighted by Crippen LogP contribution is 2.36. The van der Waals surface area contributed by atoms with Gasteiger partial charge in [0.25, 0.3) is 5.91 Å². The Bertz CT molecular complexity index is 1150. The number of amides is 4. The van der Waals surface area contributed by atoms with Gasteiger partial charge in [0, 0.05) is 31.1 Å². The summed E-state index contributed by atoms with van der Waals surface area (Å²) in [6, 6.07) is 13.7. The van der Waals surface area contributed by atoms with Crippen molar-refractivity contribution in [1.29, 1.82) is 0 Å². The Morgan fingerprint density at radius 1 is 1.08 bits per heavy atom. The zero-order chi connectivity index (χ0) is 27.9. The number of nitrogens with one attached hydrogen (secondary N) is 2. The summed E-state index contributed by atoms with van der Waals surface area (Å²) in [6.07, 6.45) is 4.43. The van der Waals surface area contributed by atoms with E-state index in [9.17, 15) is 19.5 Å². The van der Waals surface area contributed by atoms with E-state index in [1.807, 2.05) is 37.3 Å². The fraction of sp³-hybridized carbons (Fsp3) is 0.500. The molecule has 1 aliphatic heterocycles. The summed E-state index contributed by atoms with van der Waals surface area (Å²) in [5, 5.41) is 15.8. The van der Waals surface area contributed by atoms with Crippen molar-refractivity contribution in [3.05, 3.63) is 54.1 Å². The number of ether oxygens (including phenoxy) is 1. The van der Waals surface area contributed by atoms with Crippen LogP contribution < -0.4 is 15.4 Å². The lowest BCUT2D eigenvalue weighted by Crippen LogP contribution is -2.50. The van der Waals surface area contributed by atoms with Crippen LogP contribution in [0, 0.1) is 11.8 Å². The molecule has 0 spiro atoms. The van der Waals surface area contributed by atoms with Crippen LogP contribution in [0.25, 0.3) is 0 Å². The molecule has 4 rings (SSSR count). The fourth-order valence-electron chi connectivity index (χ4n) is 5.25. The maximum absolute atomic E-state index is 13.7. The number of aliphatic hydroxyl groups excluding tert-OH is 1. The topological polar surface area (TPSA) is 111 Å². The second-order valence-electron chi connectivity index (χ2n) is 10.8. The number of urea groups is 1. The summed E-state index contributed by atoms with van der Waals surface area (Å²) in [5.41, 5.74) is 1.46. The Kier molecular flexibility index (Phi) is 9.45. The lowest BCUT2D eigenvalue weighted by Gasteiger charge is -2.38. The van der Waals surface area contributed by atoms with Crippen molar-refractivity contribution in [1.82, 2.24) is 9.80 Å². The molecule has 4 amide bonds. The van der Waals surface area contributed by atoms with Gasteiger partial charge in [-0.05, 0) is 44.0 Å². The highest BCUT2D eigenvalue weighted by atomic mass is 16.5. The maximum atomic E-state index is 13.7. The smallest absolute Gasteiger partial charge is 0.321 e. The van der Waals surface area contributed by atoms with Crippen molar-refractivity contribution in [2.45, 2.75) is 58.1 Å². The number of fused-ring (bicyclic) bond motifs is 1. The summed E-state index contributed by atoms with van der Waals surface area (Å²) in [5.74, 6) is -0.265. The van der Waals surface area contributed by atoms with E-state index in [4.69, 9.17) is 4.74 Å². The van der Waals surface area contributed by atoms with Gasteiger partial charge in [-0.3, -0.25) is 9.59 Å². The van der Waals surface area contributed by atoms with Crippen molar-refractivity contribution in [3.63, 3.8) is 0 Å². The highest BCUT2D eigenvalue weighted by Gasteiger charge is 2.35. The predicted molar refractivity (Wildman–Crippen MR) is 151 cm³/mol. The number of nitrogens with zero attached hydrogens (tertiary/aromatic N) is 2. The van der Waals surface area contributed by atoms with Crippen LogP contribution in [0.2, 0.25) is 0 Å². The second-order valence-corrected chi connectivity index (χ2v) is 10.8. The molecule has 1 heterocycles. The van der Waals surface area contributed by atoms with Gasteiger partial charge in [0.1, 0.15) is 6.10 Å². The fourth-order valence-corrected chi connectivity index (χ4v) is 5.25. The van der Waals surface area contributed by atoms with Gasteiger partial charge in [0.05, 0.1) is 30.4 Å². The molecule has 2 aromatic rings. The lowest BCUT2D eigenvalue weighted by molar-refractivity contribution is -0.120. The molecule has 0 unspecified atom stereocenters. The Hall–Kier alpha value is -3.59. The molecule has 9 nitrogen and oxygen atoms in total. The Morgan fingerprint density at radius 3 is 2.49 bits per heavy atom. The molecule has 9 heteroatoms. The number of carbonyl (C=O) groups is 3. The molecule has 2 aliphatic rings. The first-order valence-corrected chi connectivity index (χ1v) is 13.9. The van der Waals surface area contributed by atoms with E-state index in [1.165, 1.54) is 0 Å². The number of hydrogen-bond acceptors (Lipinski definition) is 5. The molecule has 1 aliphatic carbocycles. The van der Waals surface area contributed by atoms with Crippen LogP contribution in [0.4, 0.5) is 16.2 Å². The number of carbonyl (C=O) groups excluding carboxylic acids is 3. The van der Waals surface area contributed by atoms with Crippen LogP contribution in [0.15, 0.2) is 48.5 Å². The summed E-state index contributed by atoms with van der Waals surface area (Å²) in [4.78, 5) is 43.0. The van der Waals surface area contributed by atoms with Crippen molar-refractivity contribution < 1.29 is 24.2 Å². The van der Waals surface area contributed by atoms with Gasteiger partial charge in [-0.25, -0.2) is 4.79 Å². The van der Waals surface area contributed by atoms with E-state index in [-0.39, 0.29) is 42.8 Å². The minimum absolute atomic E-state index is 0.0627. The largest absolute Gasteiger partial charge is 0.485 e. The quantitative estimate of drug-likeness (QED) is 0.479. The van der Waals surface area contributed by atoms with E-state index >= 15 is 0 Å². The summed E-state index contributed by atoms with van der Waals surface area (Å²) in [7, 11) is 1.70. The average molecular weight is 537 g/mol. The number of benzene rings is 2. The van der Waals surface area contributed by atoms with Gasteiger partial charge >= 0.3 is 6.03 Å². The van der Waals surface area contributed by atoms with E-state index in [1.54, 1.807) is 42.0 Å². The maximum Gasteiger partial charge on any atom is 0.321 e. The first kappa shape index (κ1) is 28.4. The van der Waals surface area contributed by atoms with Crippen LogP contribution in [0.1, 0.15) is 56.3 Å². The normalized spacial score (nSPS) is 20.6. The molecule has 1 fully saturated rings. The van der Waals surface area contributed by atoms with Gasteiger partial charge in [0.2, 0.25) is 5.91 Å². The molecule has 0 bridgehead atoms. The second kappa shape index (κ2) is 13.0. The van der Waals surface area contributed by atoms with Crippen LogP contribution in [-0.2, 0) is 4.79 Å². The molecule has 2 aromatic carbocycles. The average Bonchev–Trinajstić information content (AvgIpc) is 2.95. The molecule has 1 saturated carbocycles. The van der Waals surface area contributed by atoms with E-state index in [0.29, 0.717) is 29.2 Å². The number of rotatable bonds is 7. The minimum Gasteiger partial charge on any atom is -0.485 e. The van der Waals surface area contributed by atoms with Gasteiger partial charge in [-0.1, -0.05) is 50.5 Å². The first-order chi connectivity index (χ1) is 18.8. The van der Waals surface area contributed by atoms with E-state index < -0.39 is 12.1 Å². The lowest BCUT2D eigenvalue weighted by atomic mass is 9.88. The summed E-state index contributed by atoms with van der Waals surface area (Å²) in [6.45, 7) is 4.18. The van der Waals surface area contributed by atoms with Gasteiger partial charge in [-0.2, -0.15) is 0 Å². The summed E-state index contributed by atoms with van der Waals surface area (Å²) >= 11 is 0. The molecule has 0 saturated heterocycles. The molecule has 0 aromatic heterocycles. The molecular weight excluding hydrogens is 496 g/mol. The van der Waals surface area contributed by atoms with Gasteiger partial charge in [-0.15, -0.1) is 0 Å². The Balaban J connectivity index is 1.62. The predicted octanol–water partition coefficient (Wildman–Crippen LogP) is 4.59. The molecule has 39 heavy (non-hydrogen) atoms. The monoisotopic (exact) mass is 536 g/mol. The third-order valence-electron chi connectivity index (χ3n) is 7.75. The third-order valence-corrected chi connectivity index (χ3v) is 7.75. The highest BCUT2D eigenvalue weighted by molar-refractivity contribution is 6.02.